The number of hydrogen-bond acceptors (Lipinski definition) is 1. The average Bonchev–Trinajstić information content (AvgIpc) is 2.48. The number of rotatable bonds is 5. The molecule has 0 unspecified atom stereocenters. The topological polar surface area (TPSA) is 29.1 Å². The lowest BCUT2D eigenvalue weighted by Gasteiger charge is -2.06. The number of unbranched alkanes of at least 4 members (excludes halogenated alkanes) is 1. The predicted molar refractivity (Wildman–Crippen MR) is 83.9 cm³/mol. The fourth-order valence-corrected chi connectivity index (χ4v) is 2.04. The number of carbonyl (C=O) groups is 1. The van der Waals surface area contributed by atoms with Crippen LogP contribution in [0.15, 0.2) is 48.5 Å². The van der Waals surface area contributed by atoms with Crippen LogP contribution in [0.1, 0.15) is 35.7 Å². The Labute approximate surface area is 120 Å². The average molecular weight is 267 g/mol. The Hall–Kier alpha value is -2.09. The van der Waals surface area contributed by atoms with Gasteiger partial charge in [0, 0.05) is 12.1 Å². The number of aryl methyl sites for hydroxylation is 1. The molecular weight excluding hydrogens is 246 g/mol. The highest BCUT2D eigenvalue weighted by Gasteiger charge is 2.05. The molecule has 0 aliphatic carbocycles. The van der Waals surface area contributed by atoms with Crippen molar-refractivity contribution < 1.29 is 4.79 Å². The summed E-state index contributed by atoms with van der Waals surface area (Å²) in [5.41, 5.74) is 4.28. The highest BCUT2D eigenvalue weighted by molar-refractivity contribution is 5.94. The molecule has 0 saturated carbocycles. The van der Waals surface area contributed by atoms with Gasteiger partial charge < -0.3 is 5.32 Å². The molecule has 0 saturated heterocycles. The molecule has 104 valence electrons. The van der Waals surface area contributed by atoms with Crippen LogP contribution in [0, 0.1) is 6.92 Å². The molecule has 20 heavy (non-hydrogen) atoms. The van der Waals surface area contributed by atoms with Crippen LogP contribution in [0.3, 0.4) is 0 Å². The maximum Gasteiger partial charge on any atom is 0.251 e. The van der Waals surface area contributed by atoms with E-state index in [1.165, 1.54) is 11.1 Å². The Balaban J connectivity index is 2.06. The monoisotopic (exact) mass is 267 g/mol. The number of hydrogen-bond donors (Lipinski definition) is 1. The van der Waals surface area contributed by atoms with Crippen LogP contribution in [-0.4, -0.2) is 12.5 Å². The van der Waals surface area contributed by atoms with Crippen LogP contribution in [0.5, 0.6) is 0 Å². The quantitative estimate of drug-likeness (QED) is 0.808. The number of benzene rings is 2. The number of nitrogens with one attached hydrogen (secondary N) is 1. The second-order valence-electron chi connectivity index (χ2n) is 5.05. The molecule has 2 heteroatoms. The van der Waals surface area contributed by atoms with Crippen LogP contribution >= 0.6 is 0 Å². The van der Waals surface area contributed by atoms with Gasteiger partial charge in [-0.2, -0.15) is 0 Å². The lowest BCUT2D eigenvalue weighted by atomic mass is 10.0. The summed E-state index contributed by atoms with van der Waals surface area (Å²) in [6, 6.07) is 16.2. The van der Waals surface area contributed by atoms with E-state index in [-0.39, 0.29) is 5.91 Å². The lowest BCUT2D eigenvalue weighted by Crippen LogP contribution is -2.24. The van der Waals surface area contributed by atoms with Gasteiger partial charge in [0.1, 0.15) is 0 Å². The van der Waals surface area contributed by atoms with Gasteiger partial charge in [0.05, 0.1) is 0 Å². The third-order valence-corrected chi connectivity index (χ3v) is 3.35. The van der Waals surface area contributed by atoms with Crippen LogP contribution < -0.4 is 5.32 Å². The third-order valence-electron chi connectivity index (χ3n) is 3.35. The maximum atomic E-state index is 11.9. The van der Waals surface area contributed by atoms with E-state index in [1.807, 2.05) is 24.3 Å². The third kappa shape index (κ3) is 3.70. The molecule has 0 spiro atoms. The van der Waals surface area contributed by atoms with Gasteiger partial charge >= 0.3 is 0 Å². The summed E-state index contributed by atoms with van der Waals surface area (Å²) >= 11 is 0. The normalized spacial score (nSPS) is 10.3. The maximum absolute atomic E-state index is 11.9. The molecule has 0 fully saturated rings. The zero-order valence-electron chi connectivity index (χ0n) is 12.1. The molecule has 0 aromatic heterocycles. The summed E-state index contributed by atoms with van der Waals surface area (Å²) in [5, 5.41) is 2.93. The first kappa shape index (κ1) is 14.3. The van der Waals surface area contributed by atoms with E-state index in [4.69, 9.17) is 0 Å². The largest absolute Gasteiger partial charge is 0.352 e. The lowest BCUT2D eigenvalue weighted by molar-refractivity contribution is 0.0953. The Morgan fingerprint density at radius 3 is 2.05 bits per heavy atom. The summed E-state index contributed by atoms with van der Waals surface area (Å²) < 4.78 is 0. The fraction of sp³-hybridized carbons (Fsp3) is 0.278. The molecule has 0 radical (unpaired) electrons. The van der Waals surface area contributed by atoms with E-state index in [1.54, 1.807) is 0 Å². The van der Waals surface area contributed by atoms with Crippen LogP contribution in [0.4, 0.5) is 0 Å². The van der Waals surface area contributed by atoms with Crippen molar-refractivity contribution in [2.75, 3.05) is 6.54 Å². The number of amides is 1. The zero-order chi connectivity index (χ0) is 14.4. The summed E-state index contributed by atoms with van der Waals surface area (Å²) in [5.74, 6) is 0.00825. The molecule has 0 heterocycles. The Morgan fingerprint density at radius 1 is 0.950 bits per heavy atom. The standard InChI is InChI=1S/C18H21NO/c1-3-4-13-19-18(20)17-11-9-16(10-12-17)15-7-5-14(2)6-8-15/h5-12H,3-4,13H2,1-2H3,(H,19,20). The van der Waals surface area contributed by atoms with Crippen molar-refractivity contribution in [3.63, 3.8) is 0 Å². The van der Waals surface area contributed by atoms with Crippen LogP contribution in [0.25, 0.3) is 11.1 Å². The highest BCUT2D eigenvalue weighted by Crippen LogP contribution is 2.20. The van der Waals surface area contributed by atoms with E-state index in [2.05, 4.69) is 43.4 Å². The van der Waals surface area contributed by atoms with Gasteiger partial charge in [0.15, 0.2) is 0 Å². The molecule has 0 atom stereocenters. The Morgan fingerprint density at radius 2 is 1.50 bits per heavy atom. The van der Waals surface area contributed by atoms with Crippen LogP contribution in [-0.2, 0) is 0 Å². The molecule has 1 N–H and O–H groups in total. The van der Waals surface area contributed by atoms with Gasteiger partial charge in [-0.3, -0.25) is 4.79 Å². The molecular formula is C18H21NO. The van der Waals surface area contributed by atoms with E-state index in [0.29, 0.717) is 0 Å². The van der Waals surface area contributed by atoms with Crippen molar-refractivity contribution in [2.24, 2.45) is 0 Å². The van der Waals surface area contributed by atoms with Crippen molar-refractivity contribution >= 4 is 5.91 Å². The minimum absolute atomic E-state index is 0.00825. The minimum Gasteiger partial charge on any atom is -0.352 e. The molecule has 0 aliphatic heterocycles. The zero-order valence-corrected chi connectivity index (χ0v) is 12.1. The van der Waals surface area contributed by atoms with Crippen molar-refractivity contribution in [3.05, 3.63) is 59.7 Å². The summed E-state index contributed by atoms with van der Waals surface area (Å²) in [6.07, 6.45) is 2.11. The molecule has 2 aromatic carbocycles. The van der Waals surface area contributed by atoms with Crippen molar-refractivity contribution in [1.82, 2.24) is 5.32 Å². The first-order valence-electron chi connectivity index (χ1n) is 7.16. The van der Waals surface area contributed by atoms with E-state index in [9.17, 15) is 4.79 Å². The van der Waals surface area contributed by atoms with Gasteiger partial charge in [-0.05, 0) is 36.6 Å². The smallest absolute Gasteiger partial charge is 0.251 e. The second kappa shape index (κ2) is 6.90. The van der Waals surface area contributed by atoms with Gasteiger partial charge in [0.25, 0.3) is 5.91 Å². The van der Waals surface area contributed by atoms with Gasteiger partial charge in [-0.25, -0.2) is 0 Å². The van der Waals surface area contributed by atoms with E-state index >= 15 is 0 Å². The summed E-state index contributed by atoms with van der Waals surface area (Å²) in [6.45, 7) is 4.94. The first-order valence-corrected chi connectivity index (χ1v) is 7.16. The second-order valence-corrected chi connectivity index (χ2v) is 5.05. The van der Waals surface area contributed by atoms with Gasteiger partial charge in [-0.15, -0.1) is 0 Å². The van der Waals surface area contributed by atoms with Crippen LogP contribution in [0.2, 0.25) is 0 Å². The highest BCUT2D eigenvalue weighted by atomic mass is 16.1. The Bertz CT molecular complexity index is 555. The SMILES string of the molecule is CCCCNC(=O)c1ccc(-c2ccc(C)cc2)cc1. The predicted octanol–water partition coefficient (Wildman–Crippen LogP) is 4.19. The molecule has 0 aliphatic rings. The van der Waals surface area contributed by atoms with Crippen molar-refractivity contribution in [1.29, 1.82) is 0 Å². The van der Waals surface area contributed by atoms with Crippen molar-refractivity contribution in [3.8, 4) is 11.1 Å². The first-order chi connectivity index (χ1) is 9.70. The van der Waals surface area contributed by atoms with Crippen molar-refractivity contribution in [2.45, 2.75) is 26.7 Å². The minimum atomic E-state index is 0.00825. The Kier molecular flexibility index (Phi) is 4.94. The van der Waals surface area contributed by atoms with E-state index in [0.717, 1.165) is 30.5 Å². The molecule has 2 aromatic rings. The molecule has 0 bridgehead atoms. The molecule has 1 amide bonds. The number of carbonyl (C=O) groups excluding carboxylic acids is 1. The summed E-state index contributed by atoms with van der Waals surface area (Å²) in [4.78, 5) is 11.9. The van der Waals surface area contributed by atoms with Gasteiger partial charge in [0.2, 0.25) is 0 Å². The molecule has 2 rings (SSSR count). The van der Waals surface area contributed by atoms with E-state index < -0.39 is 0 Å². The summed E-state index contributed by atoms with van der Waals surface area (Å²) in [7, 11) is 0. The fourth-order valence-electron chi connectivity index (χ4n) is 2.04. The molecule has 2 nitrogen and oxygen atoms in total. The van der Waals surface area contributed by atoms with Gasteiger partial charge in [-0.1, -0.05) is 55.3 Å².